The highest BCUT2D eigenvalue weighted by atomic mass is 32.2. The summed E-state index contributed by atoms with van der Waals surface area (Å²) < 4.78 is 5.81. The van der Waals surface area contributed by atoms with E-state index in [0.717, 1.165) is 22.8 Å². The van der Waals surface area contributed by atoms with E-state index in [9.17, 15) is 0 Å². The predicted octanol–water partition coefficient (Wildman–Crippen LogP) is 3.06. The van der Waals surface area contributed by atoms with E-state index in [1.807, 2.05) is 13.2 Å². The largest absolute Gasteiger partial charge is 0.383 e. The van der Waals surface area contributed by atoms with E-state index in [-0.39, 0.29) is 5.60 Å². The van der Waals surface area contributed by atoms with Gasteiger partial charge >= 0.3 is 0 Å². The van der Waals surface area contributed by atoms with E-state index < -0.39 is 0 Å². The van der Waals surface area contributed by atoms with Crippen LogP contribution in [-0.2, 0) is 4.74 Å². The van der Waals surface area contributed by atoms with Gasteiger partial charge in [-0.1, -0.05) is 11.8 Å². The molecule has 1 aliphatic heterocycles. The minimum absolute atomic E-state index is 0.161. The van der Waals surface area contributed by atoms with Gasteiger partial charge in [-0.2, -0.15) is 0 Å². The summed E-state index contributed by atoms with van der Waals surface area (Å²) in [6.07, 6.45) is 2.79. The molecule has 1 aromatic heterocycles. The van der Waals surface area contributed by atoms with Crippen molar-refractivity contribution in [3.8, 4) is 0 Å². The van der Waals surface area contributed by atoms with E-state index >= 15 is 0 Å². The molecule has 0 amide bonds. The Kier molecular flexibility index (Phi) is 3.87. The number of nitrogens with zero attached hydrogens (tertiary/aromatic N) is 2. The van der Waals surface area contributed by atoms with E-state index in [2.05, 4.69) is 30.7 Å². The third-order valence-electron chi connectivity index (χ3n) is 3.38. The third-order valence-corrected chi connectivity index (χ3v) is 3.93. The van der Waals surface area contributed by atoms with Gasteiger partial charge in [0.15, 0.2) is 5.16 Å². The van der Waals surface area contributed by atoms with Crippen LogP contribution in [0.2, 0.25) is 0 Å². The van der Waals surface area contributed by atoms with Crippen molar-refractivity contribution in [2.75, 3.05) is 18.6 Å². The number of nitrogens with two attached hydrogens (primary N) is 1. The molecule has 0 unspecified atom stereocenters. The lowest BCUT2D eigenvalue weighted by molar-refractivity contribution is -0.00758. The standard InChI is InChI=1S/C14H21N3OS/c1-8-7-18-14(3,4)6-10(8)11-9(2)16-13(19-5)17-12(11)15/h6-7H2,1-5H3,(H2,15,16,17). The van der Waals surface area contributed by atoms with E-state index in [1.165, 1.54) is 22.9 Å². The average Bonchev–Trinajstić information content (AvgIpc) is 2.32. The first-order valence-corrected chi connectivity index (χ1v) is 7.57. The predicted molar refractivity (Wildman–Crippen MR) is 80.2 cm³/mol. The van der Waals surface area contributed by atoms with Crippen molar-refractivity contribution < 1.29 is 4.74 Å². The Balaban J connectivity index is 2.52. The SMILES string of the molecule is CSc1nc(C)c(C2=C(C)COC(C)(C)C2)c(N)n1. The summed E-state index contributed by atoms with van der Waals surface area (Å²) in [5, 5.41) is 0.725. The quantitative estimate of drug-likeness (QED) is 0.666. The number of nitrogen functional groups attached to an aromatic ring is 1. The maximum absolute atomic E-state index is 6.14. The number of aryl methyl sites for hydroxylation is 1. The van der Waals surface area contributed by atoms with Crippen molar-refractivity contribution in [2.45, 2.75) is 44.9 Å². The summed E-state index contributed by atoms with van der Waals surface area (Å²) in [5.41, 5.74) is 10.4. The van der Waals surface area contributed by atoms with Gasteiger partial charge in [-0.25, -0.2) is 9.97 Å². The molecule has 0 fully saturated rings. The Morgan fingerprint density at radius 2 is 1.95 bits per heavy atom. The first-order valence-electron chi connectivity index (χ1n) is 6.35. The molecule has 1 aliphatic rings. The van der Waals surface area contributed by atoms with Gasteiger partial charge < -0.3 is 10.5 Å². The summed E-state index contributed by atoms with van der Waals surface area (Å²) in [7, 11) is 0. The Morgan fingerprint density at radius 3 is 2.53 bits per heavy atom. The van der Waals surface area contributed by atoms with Crippen LogP contribution in [0.15, 0.2) is 10.7 Å². The van der Waals surface area contributed by atoms with Crippen LogP contribution in [-0.4, -0.2) is 28.4 Å². The van der Waals surface area contributed by atoms with E-state index in [4.69, 9.17) is 10.5 Å². The summed E-state index contributed by atoms with van der Waals surface area (Å²) in [6.45, 7) is 8.93. The van der Waals surface area contributed by atoms with Gasteiger partial charge in [-0.15, -0.1) is 0 Å². The molecular formula is C14H21N3OS. The summed E-state index contributed by atoms with van der Waals surface area (Å²) in [6, 6.07) is 0. The van der Waals surface area contributed by atoms with Crippen LogP contribution in [0.3, 0.4) is 0 Å². The van der Waals surface area contributed by atoms with E-state index in [0.29, 0.717) is 12.4 Å². The molecule has 1 aromatic rings. The van der Waals surface area contributed by atoms with Crippen molar-refractivity contribution in [3.63, 3.8) is 0 Å². The highest BCUT2D eigenvalue weighted by molar-refractivity contribution is 7.98. The number of anilines is 1. The molecule has 0 aliphatic carbocycles. The number of hydrogen-bond donors (Lipinski definition) is 1. The van der Waals surface area contributed by atoms with Crippen LogP contribution in [0.4, 0.5) is 5.82 Å². The topological polar surface area (TPSA) is 61.0 Å². The monoisotopic (exact) mass is 279 g/mol. The molecule has 0 saturated heterocycles. The first-order chi connectivity index (χ1) is 8.84. The molecule has 0 saturated carbocycles. The highest BCUT2D eigenvalue weighted by Gasteiger charge is 2.29. The molecule has 0 atom stereocenters. The zero-order chi connectivity index (χ0) is 14.2. The van der Waals surface area contributed by atoms with E-state index in [1.54, 1.807) is 0 Å². The lowest BCUT2D eigenvalue weighted by atomic mass is 9.87. The highest BCUT2D eigenvalue weighted by Crippen LogP contribution is 2.38. The Bertz CT molecular complexity index is 514. The molecule has 104 valence electrons. The minimum Gasteiger partial charge on any atom is -0.383 e. The van der Waals surface area contributed by atoms with Gasteiger partial charge in [0, 0.05) is 12.0 Å². The van der Waals surface area contributed by atoms with Gasteiger partial charge in [-0.3, -0.25) is 0 Å². The smallest absolute Gasteiger partial charge is 0.189 e. The average molecular weight is 279 g/mol. The Morgan fingerprint density at radius 1 is 1.26 bits per heavy atom. The van der Waals surface area contributed by atoms with Crippen LogP contribution < -0.4 is 5.73 Å². The number of rotatable bonds is 2. The second-order valence-electron chi connectivity index (χ2n) is 5.54. The number of thioether (sulfide) groups is 1. The molecular weight excluding hydrogens is 258 g/mol. The lowest BCUT2D eigenvalue weighted by Gasteiger charge is -2.33. The fourth-order valence-electron chi connectivity index (χ4n) is 2.35. The Labute approximate surface area is 118 Å². The molecule has 4 nitrogen and oxygen atoms in total. The third kappa shape index (κ3) is 2.92. The molecule has 2 N–H and O–H groups in total. The van der Waals surface area contributed by atoms with Crippen molar-refractivity contribution in [1.82, 2.24) is 9.97 Å². The fourth-order valence-corrected chi connectivity index (χ4v) is 2.77. The van der Waals surface area contributed by atoms with Crippen molar-refractivity contribution >= 4 is 23.2 Å². The van der Waals surface area contributed by atoms with Gasteiger partial charge in [0.25, 0.3) is 0 Å². The molecule has 2 rings (SSSR count). The zero-order valence-corrected chi connectivity index (χ0v) is 13.0. The summed E-state index contributed by atoms with van der Waals surface area (Å²) in [4.78, 5) is 8.87. The van der Waals surface area contributed by atoms with Crippen molar-refractivity contribution in [3.05, 3.63) is 16.8 Å². The lowest BCUT2D eigenvalue weighted by Crippen LogP contribution is -2.30. The maximum Gasteiger partial charge on any atom is 0.189 e. The van der Waals surface area contributed by atoms with Crippen LogP contribution >= 0.6 is 11.8 Å². The van der Waals surface area contributed by atoms with Gasteiger partial charge in [0.05, 0.1) is 17.9 Å². The molecule has 0 radical (unpaired) electrons. The number of hydrogen-bond acceptors (Lipinski definition) is 5. The molecule has 19 heavy (non-hydrogen) atoms. The molecule has 0 bridgehead atoms. The second-order valence-corrected chi connectivity index (χ2v) is 6.31. The zero-order valence-electron chi connectivity index (χ0n) is 12.2. The molecule has 5 heteroatoms. The van der Waals surface area contributed by atoms with Crippen LogP contribution in [0, 0.1) is 6.92 Å². The summed E-state index contributed by atoms with van der Waals surface area (Å²) >= 11 is 1.51. The van der Waals surface area contributed by atoms with Gasteiger partial charge in [-0.05, 0) is 45.1 Å². The first kappa shape index (κ1) is 14.3. The fraction of sp³-hybridized carbons (Fsp3) is 0.571. The van der Waals surface area contributed by atoms with Crippen LogP contribution in [0.25, 0.3) is 5.57 Å². The number of aromatic nitrogens is 2. The molecule has 0 aromatic carbocycles. The van der Waals surface area contributed by atoms with Crippen LogP contribution in [0.5, 0.6) is 0 Å². The van der Waals surface area contributed by atoms with Crippen molar-refractivity contribution in [2.24, 2.45) is 0 Å². The summed E-state index contributed by atoms with van der Waals surface area (Å²) in [5.74, 6) is 0.573. The minimum atomic E-state index is -0.161. The number of ether oxygens (including phenoxy) is 1. The van der Waals surface area contributed by atoms with Gasteiger partial charge in [0.2, 0.25) is 0 Å². The maximum atomic E-state index is 6.14. The van der Waals surface area contributed by atoms with Gasteiger partial charge in [0.1, 0.15) is 5.82 Å². The Hall–Kier alpha value is -1.07. The second kappa shape index (κ2) is 5.13. The normalized spacial score (nSPS) is 18.8. The molecule has 2 heterocycles. The van der Waals surface area contributed by atoms with Crippen molar-refractivity contribution in [1.29, 1.82) is 0 Å². The van der Waals surface area contributed by atoms with Crippen LogP contribution in [0.1, 0.15) is 38.4 Å². The molecule has 0 spiro atoms.